The first-order valence-corrected chi connectivity index (χ1v) is 5.79. The Morgan fingerprint density at radius 3 is 2.53 bits per heavy atom. The van der Waals surface area contributed by atoms with Gasteiger partial charge in [0.2, 0.25) is 0 Å². The van der Waals surface area contributed by atoms with Gasteiger partial charge in [-0.15, -0.1) is 0 Å². The molecule has 1 rings (SSSR count). The molecule has 0 saturated carbocycles. The lowest BCUT2D eigenvalue weighted by molar-refractivity contribution is 0.305. The molecular formula is C16H16O3. The zero-order valence-electron chi connectivity index (χ0n) is 11.1. The number of ether oxygens (including phenoxy) is 2. The lowest BCUT2D eigenvalue weighted by Gasteiger charge is -2.06. The number of aliphatic hydroxyl groups excluding tert-OH is 1. The highest BCUT2D eigenvalue weighted by atomic mass is 16.5. The predicted molar refractivity (Wildman–Crippen MR) is 75.0 cm³/mol. The van der Waals surface area contributed by atoms with Gasteiger partial charge in [0, 0.05) is 12.0 Å². The summed E-state index contributed by atoms with van der Waals surface area (Å²) in [4.78, 5) is 0. The second kappa shape index (κ2) is 8.69. The molecule has 0 heterocycles. The molecule has 1 N–H and O–H groups in total. The number of aliphatic hydroxyl groups is 1. The Morgan fingerprint density at radius 2 is 1.84 bits per heavy atom. The summed E-state index contributed by atoms with van der Waals surface area (Å²) in [6.07, 6.45) is 3.80. The number of allylic oxidation sites excluding steroid dienone is 2. The van der Waals surface area contributed by atoms with Crippen LogP contribution in [0.15, 0.2) is 30.4 Å². The van der Waals surface area contributed by atoms with Crippen LogP contribution in [0.3, 0.4) is 0 Å². The topological polar surface area (TPSA) is 38.7 Å². The molecule has 0 spiro atoms. The lowest BCUT2D eigenvalue weighted by atomic mass is 10.2. The Balaban J connectivity index is 2.71. The quantitative estimate of drug-likeness (QED) is 0.841. The molecule has 0 saturated heterocycles. The van der Waals surface area contributed by atoms with Crippen LogP contribution in [0.2, 0.25) is 0 Å². The van der Waals surface area contributed by atoms with Crippen molar-refractivity contribution in [2.45, 2.75) is 6.42 Å². The monoisotopic (exact) mass is 256 g/mol. The molecule has 3 nitrogen and oxygen atoms in total. The minimum atomic E-state index is 0.0815. The summed E-state index contributed by atoms with van der Waals surface area (Å²) in [5.41, 5.74) is 0.839. The van der Waals surface area contributed by atoms with Crippen LogP contribution in [0.4, 0.5) is 0 Å². The average Bonchev–Trinajstić information content (AvgIpc) is 2.46. The van der Waals surface area contributed by atoms with Gasteiger partial charge in [0.1, 0.15) is 0 Å². The van der Waals surface area contributed by atoms with E-state index in [0.717, 1.165) is 5.56 Å². The molecule has 3 heteroatoms. The van der Waals surface area contributed by atoms with Crippen molar-refractivity contribution >= 4 is 0 Å². The normalized spacial score (nSPS) is 9.21. The first-order chi connectivity index (χ1) is 9.31. The summed E-state index contributed by atoms with van der Waals surface area (Å²) < 4.78 is 10.3. The van der Waals surface area contributed by atoms with E-state index in [1.807, 2.05) is 18.2 Å². The van der Waals surface area contributed by atoms with E-state index in [2.05, 4.69) is 23.7 Å². The Kier molecular flexibility index (Phi) is 6.72. The van der Waals surface area contributed by atoms with Crippen molar-refractivity contribution in [3.8, 4) is 35.2 Å². The summed E-state index contributed by atoms with van der Waals surface area (Å²) in [6, 6.07) is 5.49. The summed E-state index contributed by atoms with van der Waals surface area (Å²) >= 11 is 0. The Bertz CT molecular complexity index is 551. The van der Waals surface area contributed by atoms with E-state index < -0.39 is 0 Å². The SMILES string of the molecule is COc1ccc(C#C/C=C\C#CCCO)cc1OC. The van der Waals surface area contributed by atoms with Crippen LogP contribution in [0.5, 0.6) is 11.5 Å². The zero-order chi connectivity index (χ0) is 13.9. The van der Waals surface area contributed by atoms with Gasteiger partial charge in [-0.2, -0.15) is 0 Å². The fourth-order valence-corrected chi connectivity index (χ4v) is 1.31. The van der Waals surface area contributed by atoms with E-state index >= 15 is 0 Å². The second-order valence-electron chi connectivity index (χ2n) is 3.47. The third kappa shape index (κ3) is 5.21. The molecule has 0 fully saturated rings. The molecule has 0 aromatic heterocycles. The van der Waals surface area contributed by atoms with Crippen molar-refractivity contribution in [3.05, 3.63) is 35.9 Å². The third-order valence-corrected chi connectivity index (χ3v) is 2.19. The zero-order valence-corrected chi connectivity index (χ0v) is 11.1. The smallest absolute Gasteiger partial charge is 0.161 e. The Labute approximate surface area is 113 Å². The second-order valence-corrected chi connectivity index (χ2v) is 3.47. The first kappa shape index (κ1) is 14.7. The fraction of sp³-hybridized carbons (Fsp3) is 0.250. The van der Waals surface area contributed by atoms with Gasteiger partial charge in [-0.25, -0.2) is 0 Å². The van der Waals surface area contributed by atoms with Crippen molar-refractivity contribution < 1.29 is 14.6 Å². The molecular weight excluding hydrogens is 240 g/mol. The molecule has 0 atom stereocenters. The number of methoxy groups -OCH3 is 2. The molecule has 1 aromatic rings. The van der Waals surface area contributed by atoms with Crippen molar-refractivity contribution in [3.63, 3.8) is 0 Å². The molecule has 1 aromatic carbocycles. The highest BCUT2D eigenvalue weighted by molar-refractivity contribution is 5.49. The Hall–Kier alpha value is -2.36. The summed E-state index contributed by atoms with van der Waals surface area (Å²) in [6.45, 7) is 0.0815. The van der Waals surface area contributed by atoms with Crippen molar-refractivity contribution in [2.75, 3.05) is 20.8 Å². The average molecular weight is 256 g/mol. The van der Waals surface area contributed by atoms with Crippen LogP contribution in [-0.2, 0) is 0 Å². The Morgan fingerprint density at radius 1 is 1.11 bits per heavy atom. The van der Waals surface area contributed by atoms with Crippen LogP contribution in [0.1, 0.15) is 12.0 Å². The molecule has 0 aliphatic carbocycles. The van der Waals surface area contributed by atoms with E-state index in [4.69, 9.17) is 14.6 Å². The van der Waals surface area contributed by atoms with E-state index in [9.17, 15) is 0 Å². The summed E-state index contributed by atoms with van der Waals surface area (Å²) in [5, 5.41) is 8.53. The van der Waals surface area contributed by atoms with Crippen molar-refractivity contribution in [1.29, 1.82) is 0 Å². The van der Waals surface area contributed by atoms with Crippen LogP contribution >= 0.6 is 0 Å². The number of hydrogen-bond acceptors (Lipinski definition) is 3. The molecule has 0 bridgehead atoms. The van der Waals surface area contributed by atoms with Gasteiger partial charge in [-0.3, -0.25) is 0 Å². The molecule has 19 heavy (non-hydrogen) atoms. The van der Waals surface area contributed by atoms with Gasteiger partial charge in [0.25, 0.3) is 0 Å². The minimum Gasteiger partial charge on any atom is -0.493 e. The minimum absolute atomic E-state index is 0.0815. The van der Waals surface area contributed by atoms with Crippen molar-refractivity contribution in [2.24, 2.45) is 0 Å². The largest absolute Gasteiger partial charge is 0.493 e. The lowest BCUT2D eigenvalue weighted by Crippen LogP contribution is -1.90. The third-order valence-electron chi connectivity index (χ3n) is 2.19. The highest BCUT2D eigenvalue weighted by Crippen LogP contribution is 2.26. The standard InChI is InChI=1S/C16H16O3/c1-18-15-11-10-14(13-16(15)19-2)9-7-5-3-4-6-8-12-17/h3,5,10-11,13,17H,8,12H2,1-2H3/b5-3-. The van der Waals surface area contributed by atoms with Gasteiger partial charge < -0.3 is 14.6 Å². The molecule has 0 radical (unpaired) electrons. The molecule has 0 unspecified atom stereocenters. The van der Waals surface area contributed by atoms with E-state index in [-0.39, 0.29) is 6.61 Å². The van der Waals surface area contributed by atoms with Crippen LogP contribution < -0.4 is 9.47 Å². The van der Waals surface area contributed by atoms with Gasteiger partial charge in [0.05, 0.1) is 20.8 Å². The van der Waals surface area contributed by atoms with Crippen LogP contribution in [0.25, 0.3) is 0 Å². The van der Waals surface area contributed by atoms with Gasteiger partial charge in [0.15, 0.2) is 11.5 Å². The molecule has 98 valence electrons. The van der Waals surface area contributed by atoms with Crippen molar-refractivity contribution in [1.82, 2.24) is 0 Å². The van der Waals surface area contributed by atoms with Gasteiger partial charge >= 0.3 is 0 Å². The van der Waals surface area contributed by atoms with Crippen LogP contribution in [0, 0.1) is 23.7 Å². The van der Waals surface area contributed by atoms with Gasteiger partial charge in [-0.05, 0) is 30.4 Å². The van der Waals surface area contributed by atoms with E-state index in [1.54, 1.807) is 26.4 Å². The highest BCUT2D eigenvalue weighted by Gasteiger charge is 2.02. The number of benzene rings is 1. The molecule has 0 amide bonds. The maximum absolute atomic E-state index is 8.53. The number of hydrogen-bond donors (Lipinski definition) is 1. The maximum atomic E-state index is 8.53. The molecule has 0 aliphatic heterocycles. The first-order valence-electron chi connectivity index (χ1n) is 5.79. The van der Waals surface area contributed by atoms with Gasteiger partial charge in [-0.1, -0.05) is 23.7 Å². The van der Waals surface area contributed by atoms with Crippen LogP contribution in [-0.4, -0.2) is 25.9 Å². The predicted octanol–water partition coefficient (Wildman–Crippen LogP) is 2.00. The summed E-state index contributed by atoms with van der Waals surface area (Å²) in [7, 11) is 3.18. The number of rotatable bonds is 3. The van der Waals surface area contributed by atoms with E-state index in [0.29, 0.717) is 17.9 Å². The fourth-order valence-electron chi connectivity index (χ4n) is 1.31. The summed E-state index contributed by atoms with van der Waals surface area (Å²) in [5.74, 6) is 12.7. The van der Waals surface area contributed by atoms with E-state index in [1.165, 1.54) is 0 Å². The molecule has 0 aliphatic rings. The maximum Gasteiger partial charge on any atom is 0.161 e.